The molecule has 0 fully saturated rings. The first-order valence-electron chi connectivity index (χ1n) is 9.53. The lowest BCUT2D eigenvalue weighted by Crippen LogP contribution is -2.33. The number of rotatable bonds is 9. The number of halogens is 5. The van der Waals surface area contributed by atoms with E-state index in [1.54, 1.807) is 25.2 Å². The first kappa shape index (κ1) is 24.3. The first-order valence-corrected chi connectivity index (χ1v) is 9.91. The molecule has 12 heteroatoms. The number of nitrogens with one attached hydrogen (secondary N) is 1. The fourth-order valence-electron chi connectivity index (χ4n) is 2.91. The zero-order valence-corrected chi connectivity index (χ0v) is 18.0. The molecular weight excluding hydrogens is 468 g/mol. The van der Waals surface area contributed by atoms with Crippen LogP contribution in [0.5, 0.6) is 11.5 Å². The van der Waals surface area contributed by atoms with Gasteiger partial charge in [-0.2, -0.15) is 22.7 Å². The molecule has 0 saturated carbocycles. The number of aryl methyl sites for hydroxylation is 1. The second-order valence-electron chi connectivity index (χ2n) is 6.76. The minimum absolute atomic E-state index is 0.0823. The molecule has 3 aromatic rings. The van der Waals surface area contributed by atoms with Gasteiger partial charge >= 0.3 is 12.5 Å². The van der Waals surface area contributed by atoms with E-state index in [9.17, 15) is 22.4 Å². The molecule has 0 saturated heterocycles. The number of hydrogen-bond donors (Lipinski definition) is 2. The van der Waals surface area contributed by atoms with E-state index in [0.717, 1.165) is 12.1 Å². The van der Waals surface area contributed by atoms with E-state index in [-0.39, 0.29) is 18.7 Å². The number of anilines is 1. The Morgan fingerprint density at radius 1 is 1.27 bits per heavy atom. The summed E-state index contributed by atoms with van der Waals surface area (Å²) in [6.07, 6.45) is -7.26. The number of carbonyl (C=O) groups is 1. The zero-order chi connectivity index (χ0) is 24.2. The number of nitrogens with two attached hydrogens (primary N) is 1. The third-order valence-electron chi connectivity index (χ3n) is 4.37. The van der Waals surface area contributed by atoms with Gasteiger partial charge in [-0.05, 0) is 36.4 Å². The van der Waals surface area contributed by atoms with Crippen molar-refractivity contribution in [2.24, 2.45) is 12.8 Å². The van der Waals surface area contributed by atoms with Crippen molar-refractivity contribution < 1.29 is 31.8 Å². The number of aromatic nitrogens is 2. The predicted octanol–water partition coefficient (Wildman–Crippen LogP) is 4.57. The molecule has 0 atom stereocenters. The molecule has 1 aromatic heterocycles. The van der Waals surface area contributed by atoms with Crippen LogP contribution in [0.3, 0.4) is 0 Å². The van der Waals surface area contributed by atoms with Gasteiger partial charge in [0.25, 0.3) is 5.91 Å². The maximum Gasteiger partial charge on any atom is 0.461 e. The summed E-state index contributed by atoms with van der Waals surface area (Å²) in [6.45, 7) is 0.518. The average molecular weight is 487 g/mol. The molecule has 0 unspecified atom stereocenters. The van der Waals surface area contributed by atoms with E-state index < -0.39 is 24.2 Å². The molecule has 33 heavy (non-hydrogen) atoms. The van der Waals surface area contributed by atoms with Crippen LogP contribution < -0.4 is 20.5 Å². The van der Waals surface area contributed by atoms with Crippen molar-refractivity contribution >= 4 is 23.2 Å². The van der Waals surface area contributed by atoms with Crippen LogP contribution in [0.1, 0.15) is 10.4 Å². The van der Waals surface area contributed by atoms with E-state index in [1.807, 2.05) is 0 Å². The summed E-state index contributed by atoms with van der Waals surface area (Å²) in [6, 6.07) is 9.28. The van der Waals surface area contributed by atoms with Crippen LogP contribution in [0, 0.1) is 0 Å². The van der Waals surface area contributed by atoms with Crippen LogP contribution in [-0.2, 0) is 7.05 Å². The molecule has 2 aromatic carbocycles. The smallest absolute Gasteiger partial charge is 0.461 e. The van der Waals surface area contributed by atoms with Gasteiger partial charge in [-0.15, -0.1) is 0 Å². The van der Waals surface area contributed by atoms with Crippen LogP contribution in [0.2, 0.25) is 5.02 Å². The monoisotopic (exact) mass is 486 g/mol. The summed E-state index contributed by atoms with van der Waals surface area (Å²) in [5, 5.41) is 7.05. The lowest BCUT2D eigenvalue weighted by Gasteiger charge is -2.17. The molecule has 176 valence electrons. The van der Waals surface area contributed by atoms with Gasteiger partial charge in [0.15, 0.2) is 0 Å². The van der Waals surface area contributed by atoms with E-state index >= 15 is 0 Å². The van der Waals surface area contributed by atoms with E-state index in [2.05, 4.69) is 15.2 Å². The van der Waals surface area contributed by atoms with Crippen molar-refractivity contribution in [3.05, 3.63) is 59.2 Å². The fourth-order valence-corrected chi connectivity index (χ4v) is 3.17. The van der Waals surface area contributed by atoms with Crippen LogP contribution in [0.4, 0.5) is 23.2 Å². The van der Waals surface area contributed by atoms with Crippen LogP contribution in [-0.4, -0.2) is 41.4 Å². The highest BCUT2D eigenvalue weighted by atomic mass is 35.5. The Morgan fingerprint density at radius 3 is 2.67 bits per heavy atom. The topological polar surface area (TPSA) is 91.4 Å². The Kier molecular flexibility index (Phi) is 7.44. The maximum atomic E-state index is 13.2. The molecule has 1 amide bonds. The third-order valence-corrected chi connectivity index (χ3v) is 4.64. The molecule has 1 heterocycles. The van der Waals surface area contributed by atoms with Gasteiger partial charge in [0.1, 0.15) is 18.1 Å². The molecule has 0 aliphatic carbocycles. The van der Waals surface area contributed by atoms with Crippen molar-refractivity contribution in [3.8, 4) is 22.8 Å². The van der Waals surface area contributed by atoms with E-state index in [1.165, 1.54) is 23.0 Å². The Balaban J connectivity index is 1.87. The first-order chi connectivity index (χ1) is 15.6. The zero-order valence-electron chi connectivity index (χ0n) is 17.2. The van der Waals surface area contributed by atoms with Crippen molar-refractivity contribution in [1.82, 2.24) is 9.78 Å². The number of amides is 1. The summed E-state index contributed by atoms with van der Waals surface area (Å²) >= 11 is 6.25. The van der Waals surface area contributed by atoms with Gasteiger partial charge in [0.2, 0.25) is 0 Å². The third kappa shape index (κ3) is 5.74. The minimum Gasteiger partial charge on any atom is -0.492 e. The summed E-state index contributed by atoms with van der Waals surface area (Å²) in [4.78, 5) is 12.7. The normalized spacial score (nSPS) is 11.5. The largest absolute Gasteiger partial charge is 0.492 e. The summed E-state index contributed by atoms with van der Waals surface area (Å²) in [5.41, 5.74) is 6.82. The summed E-state index contributed by atoms with van der Waals surface area (Å²) in [7, 11) is 1.68. The molecule has 0 spiro atoms. The van der Waals surface area contributed by atoms with Crippen molar-refractivity contribution in [2.75, 3.05) is 18.5 Å². The molecule has 0 aliphatic rings. The Hall–Kier alpha value is -3.31. The number of nitrogens with zero attached hydrogens (tertiary/aromatic N) is 2. The number of ether oxygens (including phenoxy) is 2. The molecule has 0 aliphatic heterocycles. The summed E-state index contributed by atoms with van der Waals surface area (Å²) < 4.78 is 62.3. The van der Waals surface area contributed by atoms with Crippen LogP contribution in [0.25, 0.3) is 11.3 Å². The fraction of sp³-hybridized carbons (Fsp3) is 0.238. The SMILES string of the molecule is Cn1ncc(Cl)c1-c1cc(NC(=O)c2cccc(OC(F)(F)C(F)F)c2)ccc1OCCN. The van der Waals surface area contributed by atoms with Gasteiger partial charge in [-0.3, -0.25) is 9.48 Å². The highest BCUT2D eigenvalue weighted by molar-refractivity contribution is 6.33. The number of benzene rings is 2. The average Bonchev–Trinajstić information content (AvgIpc) is 3.10. The van der Waals surface area contributed by atoms with Gasteiger partial charge in [-0.25, -0.2) is 0 Å². The number of hydrogen-bond acceptors (Lipinski definition) is 5. The van der Waals surface area contributed by atoms with Gasteiger partial charge in [-0.1, -0.05) is 17.7 Å². The Bertz CT molecular complexity index is 1120. The molecule has 0 bridgehead atoms. The van der Waals surface area contributed by atoms with Crippen LogP contribution in [0.15, 0.2) is 48.7 Å². The van der Waals surface area contributed by atoms with Gasteiger partial charge in [0, 0.05) is 30.4 Å². The second-order valence-corrected chi connectivity index (χ2v) is 7.17. The molecule has 3 rings (SSSR count). The molecule has 7 nitrogen and oxygen atoms in total. The minimum atomic E-state index is -4.69. The van der Waals surface area contributed by atoms with Crippen molar-refractivity contribution in [1.29, 1.82) is 0 Å². The van der Waals surface area contributed by atoms with Gasteiger partial charge in [0.05, 0.1) is 16.9 Å². The predicted molar refractivity (Wildman–Crippen MR) is 114 cm³/mol. The number of alkyl halides is 4. The van der Waals surface area contributed by atoms with Crippen molar-refractivity contribution in [2.45, 2.75) is 12.5 Å². The Labute approximate surface area is 191 Å². The highest BCUT2D eigenvalue weighted by Crippen LogP contribution is 2.36. The van der Waals surface area contributed by atoms with E-state index in [0.29, 0.717) is 27.7 Å². The highest BCUT2D eigenvalue weighted by Gasteiger charge is 2.44. The second kappa shape index (κ2) is 10.1. The summed E-state index contributed by atoms with van der Waals surface area (Å²) in [5.74, 6) is -0.812. The molecule has 0 radical (unpaired) electrons. The Morgan fingerprint density at radius 2 is 2.03 bits per heavy atom. The maximum absolute atomic E-state index is 13.2. The lowest BCUT2D eigenvalue weighted by atomic mass is 10.1. The van der Waals surface area contributed by atoms with Gasteiger partial charge < -0.3 is 20.5 Å². The number of carbonyl (C=O) groups excluding carboxylic acids is 1. The van der Waals surface area contributed by atoms with Crippen LogP contribution >= 0.6 is 11.6 Å². The lowest BCUT2D eigenvalue weighted by molar-refractivity contribution is -0.253. The quantitative estimate of drug-likeness (QED) is 0.432. The molecule has 3 N–H and O–H groups in total. The standard InChI is InChI=1S/C21H19ClF4N4O3/c1-30-18(16(22)11-28-30)15-10-13(5-6-17(15)32-8-7-27)29-19(31)12-3-2-4-14(9-12)33-21(25,26)20(23)24/h2-6,9-11,20H,7-8,27H2,1H3,(H,29,31). The van der Waals surface area contributed by atoms with Crippen molar-refractivity contribution in [3.63, 3.8) is 0 Å². The molecular formula is C21H19ClF4N4O3. The van der Waals surface area contributed by atoms with E-state index in [4.69, 9.17) is 22.1 Å².